The summed E-state index contributed by atoms with van der Waals surface area (Å²) in [6.45, 7) is 0. The van der Waals surface area contributed by atoms with Crippen molar-refractivity contribution in [1.29, 1.82) is 0 Å². The third kappa shape index (κ3) is 5.38. The van der Waals surface area contributed by atoms with Crippen LogP contribution in [0, 0.1) is 0 Å². The van der Waals surface area contributed by atoms with E-state index in [1.54, 1.807) is 0 Å². The van der Waals surface area contributed by atoms with Crippen LogP contribution in [0.3, 0.4) is 0 Å². The fourth-order valence-corrected chi connectivity index (χ4v) is 8.79. The minimum Gasteiger partial charge on any atom is -0.264 e. The van der Waals surface area contributed by atoms with Gasteiger partial charge >= 0.3 is 0 Å². The molecule has 2 atom stereocenters. The van der Waals surface area contributed by atoms with Gasteiger partial charge in [0.2, 0.25) is 0 Å². The minimum atomic E-state index is 0.284. The molecule has 8 aromatic rings. The monoisotopic (exact) mass is 663 g/mol. The molecule has 2 unspecified atom stereocenters. The highest BCUT2D eigenvalue weighted by Crippen LogP contribution is 2.50. The molecule has 0 aliphatic heterocycles. The molecule has 52 heavy (non-hydrogen) atoms. The van der Waals surface area contributed by atoms with Crippen molar-refractivity contribution in [1.82, 2.24) is 4.98 Å². The van der Waals surface area contributed by atoms with Crippen molar-refractivity contribution >= 4 is 0 Å². The van der Waals surface area contributed by atoms with Gasteiger partial charge in [0.05, 0.1) is 0 Å². The molecular weight excluding hydrogens is 627 g/mol. The molecule has 0 radical (unpaired) electrons. The van der Waals surface area contributed by atoms with Crippen molar-refractivity contribution in [2.75, 3.05) is 0 Å². The van der Waals surface area contributed by atoms with Crippen molar-refractivity contribution in [2.45, 2.75) is 24.7 Å². The molecule has 7 aromatic carbocycles. The Labute approximate surface area is 305 Å². The van der Waals surface area contributed by atoms with Gasteiger partial charge in [-0.1, -0.05) is 152 Å². The summed E-state index contributed by atoms with van der Waals surface area (Å²) in [5, 5.41) is 0. The van der Waals surface area contributed by atoms with Gasteiger partial charge in [-0.2, -0.15) is 0 Å². The molecule has 1 heterocycles. The zero-order valence-electron chi connectivity index (χ0n) is 28.9. The minimum absolute atomic E-state index is 0.284. The summed E-state index contributed by atoms with van der Waals surface area (Å²) in [5.41, 5.74) is 21.1. The first kappa shape index (κ1) is 30.5. The van der Waals surface area contributed by atoms with Crippen molar-refractivity contribution in [3.05, 3.63) is 222 Å². The molecular formula is C51H37N. The summed E-state index contributed by atoms with van der Waals surface area (Å²) in [4.78, 5) is 4.56. The Hall–Kier alpha value is -6.31. The second kappa shape index (κ2) is 12.8. The number of pyridine rings is 1. The van der Waals surface area contributed by atoms with Crippen LogP contribution < -0.4 is 0 Å². The Morgan fingerprint density at radius 1 is 0.327 bits per heavy atom. The van der Waals surface area contributed by atoms with E-state index in [1.165, 1.54) is 89.0 Å². The van der Waals surface area contributed by atoms with Crippen LogP contribution in [0.4, 0.5) is 0 Å². The van der Waals surface area contributed by atoms with Crippen LogP contribution in [0.1, 0.15) is 45.2 Å². The van der Waals surface area contributed by atoms with Crippen molar-refractivity contribution in [3.8, 4) is 55.6 Å². The highest BCUT2D eigenvalue weighted by atomic mass is 14.6. The summed E-state index contributed by atoms with van der Waals surface area (Å²) in [6, 6.07) is 65.1. The van der Waals surface area contributed by atoms with Crippen molar-refractivity contribution in [2.24, 2.45) is 0 Å². The first-order chi connectivity index (χ1) is 25.8. The first-order valence-corrected chi connectivity index (χ1v) is 18.4. The topological polar surface area (TPSA) is 12.9 Å². The molecule has 2 aliphatic rings. The number of hydrogen-bond acceptors (Lipinski definition) is 1. The Kier molecular flexibility index (Phi) is 7.50. The van der Waals surface area contributed by atoms with Crippen molar-refractivity contribution in [3.63, 3.8) is 0 Å². The standard InChI is InChI=1S/C51H37N/c1-4-12-34(13-5-1)28-47-45-23-21-39(32-50(45)51-33-52-25-24-46(47)51)38-20-22-44-48(42-18-10-11-19-43(42)49(44)31-38)29-35-26-40(36-14-6-2-7-15-36)30-41(27-35)37-16-8-3-9-17-37/h1-27,30-33,47-48H,28-29H2. The SMILES string of the molecule is c1ccc(CC2c3ccncc3-c3cc(-c4ccc5c(c4)-c4ccccc4C5Cc4cc(-c5ccccc5)cc(-c5ccccc5)c4)ccc32)cc1. The molecule has 0 saturated carbocycles. The molecule has 1 heteroatoms. The van der Waals surface area contributed by atoms with Crippen LogP contribution in [-0.4, -0.2) is 4.98 Å². The molecule has 0 bridgehead atoms. The normalized spacial score (nSPS) is 15.1. The van der Waals surface area contributed by atoms with E-state index in [2.05, 4.69) is 187 Å². The van der Waals surface area contributed by atoms with Gasteiger partial charge in [-0.15, -0.1) is 0 Å². The number of benzene rings is 7. The Balaban J connectivity index is 1.03. The maximum absolute atomic E-state index is 4.56. The van der Waals surface area contributed by atoms with Crippen molar-refractivity contribution < 1.29 is 0 Å². The first-order valence-electron chi connectivity index (χ1n) is 18.4. The lowest BCUT2D eigenvalue weighted by Crippen LogP contribution is -2.02. The van der Waals surface area contributed by atoms with Gasteiger partial charge in [0.15, 0.2) is 0 Å². The molecule has 2 aliphatic carbocycles. The zero-order valence-corrected chi connectivity index (χ0v) is 28.9. The fourth-order valence-electron chi connectivity index (χ4n) is 8.79. The van der Waals surface area contributed by atoms with Gasteiger partial charge in [0.25, 0.3) is 0 Å². The number of nitrogens with zero attached hydrogens (tertiary/aromatic N) is 1. The summed E-state index contributed by atoms with van der Waals surface area (Å²) < 4.78 is 0. The largest absolute Gasteiger partial charge is 0.264 e. The van der Waals surface area contributed by atoms with Gasteiger partial charge < -0.3 is 0 Å². The maximum atomic E-state index is 4.56. The number of fused-ring (bicyclic) bond motifs is 6. The average Bonchev–Trinajstić information content (AvgIpc) is 3.70. The Morgan fingerprint density at radius 3 is 1.46 bits per heavy atom. The molecule has 0 N–H and O–H groups in total. The number of aromatic nitrogens is 1. The maximum Gasteiger partial charge on any atom is 0.0349 e. The third-order valence-electron chi connectivity index (χ3n) is 11.3. The second-order valence-electron chi connectivity index (χ2n) is 14.3. The number of rotatable bonds is 7. The summed E-state index contributed by atoms with van der Waals surface area (Å²) in [7, 11) is 0. The van der Waals surface area contributed by atoms with E-state index in [4.69, 9.17) is 0 Å². The van der Waals surface area contributed by atoms with Gasteiger partial charge in [0.1, 0.15) is 0 Å². The molecule has 1 nitrogen and oxygen atoms in total. The smallest absolute Gasteiger partial charge is 0.0349 e. The lowest BCUT2D eigenvalue weighted by molar-refractivity contribution is 0.826. The Bertz CT molecular complexity index is 2510. The van der Waals surface area contributed by atoms with Crippen LogP contribution in [0.5, 0.6) is 0 Å². The third-order valence-corrected chi connectivity index (χ3v) is 11.3. The molecule has 10 rings (SSSR count). The van der Waals surface area contributed by atoms with E-state index in [1.807, 2.05) is 6.20 Å². The van der Waals surface area contributed by atoms with Gasteiger partial charge in [-0.3, -0.25) is 4.98 Å². The van der Waals surface area contributed by atoms with E-state index in [0.29, 0.717) is 5.92 Å². The van der Waals surface area contributed by atoms with Crippen LogP contribution in [0.2, 0.25) is 0 Å². The lowest BCUT2D eigenvalue weighted by atomic mass is 9.87. The summed E-state index contributed by atoms with van der Waals surface area (Å²) >= 11 is 0. The summed E-state index contributed by atoms with van der Waals surface area (Å²) in [6.07, 6.45) is 5.93. The Morgan fingerprint density at radius 2 is 0.827 bits per heavy atom. The number of hydrogen-bond donors (Lipinski definition) is 0. The van der Waals surface area contributed by atoms with Crippen LogP contribution in [-0.2, 0) is 12.8 Å². The molecule has 0 amide bonds. The predicted molar refractivity (Wildman–Crippen MR) is 215 cm³/mol. The van der Waals surface area contributed by atoms with Gasteiger partial charge in [-0.05, 0) is 121 Å². The summed E-state index contributed by atoms with van der Waals surface area (Å²) in [5.74, 6) is 0.617. The molecule has 1 aromatic heterocycles. The van der Waals surface area contributed by atoms with E-state index in [-0.39, 0.29) is 5.92 Å². The highest BCUT2D eigenvalue weighted by Gasteiger charge is 2.31. The molecule has 246 valence electrons. The van der Waals surface area contributed by atoms with Crippen LogP contribution in [0.25, 0.3) is 55.6 Å². The average molecular weight is 664 g/mol. The van der Waals surface area contributed by atoms with E-state index in [9.17, 15) is 0 Å². The lowest BCUT2D eigenvalue weighted by Gasteiger charge is -2.17. The highest BCUT2D eigenvalue weighted by molar-refractivity contribution is 5.87. The van der Waals surface area contributed by atoms with Gasteiger partial charge in [-0.25, -0.2) is 0 Å². The quantitative estimate of drug-likeness (QED) is 0.165. The van der Waals surface area contributed by atoms with Gasteiger partial charge in [0, 0.05) is 29.8 Å². The van der Waals surface area contributed by atoms with E-state index < -0.39 is 0 Å². The van der Waals surface area contributed by atoms with E-state index >= 15 is 0 Å². The molecule has 0 fully saturated rings. The second-order valence-corrected chi connectivity index (χ2v) is 14.3. The predicted octanol–water partition coefficient (Wildman–Crippen LogP) is 12.8. The zero-order chi connectivity index (χ0) is 34.4. The molecule has 0 saturated heterocycles. The van der Waals surface area contributed by atoms with E-state index in [0.717, 1.165) is 12.8 Å². The van der Waals surface area contributed by atoms with Crippen LogP contribution >= 0.6 is 0 Å². The molecule has 0 spiro atoms. The van der Waals surface area contributed by atoms with Crippen LogP contribution in [0.15, 0.2) is 188 Å². The fraction of sp³-hybridized carbons (Fsp3) is 0.0784.